The maximum Gasteiger partial charge on any atom is 0.136 e. The van der Waals surface area contributed by atoms with Crippen LogP contribution >= 0.6 is 0 Å². The zero-order valence-electron chi connectivity index (χ0n) is 18.5. The van der Waals surface area contributed by atoms with Crippen molar-refractivity contribution in [3.05, 3.63) is 70.8 Å². The van der Waals surface area contributed by atoms with Crippen molar-refractivity contribution in [3.8, 4) is 0 Å². The molecule has 3 heteroatoms. The summed E-state index contributed by atoms with van der Waals surface area (Å²) in [5, 5.41) is 0. The fourth-order valence-electron chi connectivity index (χ4n) is 4.74. The minimum absolute atomic E-state index is 0.490. The topological polar surface area (TPSA) is 3.24 Å². The first-order valence-corrected chi connectivity index (χ1v) is 11.8. The SMILES string of the molecule is CCCN(Cc1ccccc1)C(CC)CCc1ccc(C2(F)CC2)c(C2(F)CC2)c1. The van der Waals surface area contributed by atoms with E-state index in [1.165, 1.54) is 5.56 Å². The summed E-state index contributed by atoms with van der Waals surface area (Å²) in [7, 11) is 0. The van der Waals surface area contributed by atoms with Crippen LogP contribution in [-0.2, 0) is 24.3 Å². The van der Waals surface area contributed by atoms with Gasteiger partial charge in [-0.05, 0) is 80.2 Å². The van der Waals surface area contributed by atoms with Crippen LogP contribution < -0.4 is 0 Å². The molecule has 0 bridgehead atoms. The van der Waals surface area contributed by atoms with E-state index in [4.69, 9.17) is 0 Å². The van der Waals surface area contributed by atoms with Crippen LogP contribution in [0.15, 0.2) is 48.5 Å². The molecule has 2 aromatic rings. The van der Waals surface area contributed by atoms with E-state index in [2.05, 4.69) is 49.1 Å². The van der Waals surface area contributed by atoms with Gasteiger partial charge in [-0.15, -0.1) is 0 Å². The van der Waals surface area contributed by atoms with Gasteiger partial charge >= 0.3 is 0 Å². The highest BCUT2D eigenvalue weighted by atomic mass is 19.1. The summed E-state index contributed by atoms with van der Waals surface area (Å²) in [4.78, 5) is 2.59. The third-order valence-electron chi connectivity index (χ3n) is 6.92. The first kappa shape index (κ1) is 21.5. The van der Waals surface area contributed by atoms with Gasteiger partial charge in [0.1, 0.15) is 11.3 Å². The van der Waals surface area contributed by atoms with Crippen molar-refractivity contribution in [3.63, 3.8) is 0 Å². The quantitative estimate of drug-likeness (QED) is 0.377. The molecule has 0 N–H and O–H groups in total. The zero-order chi connectivity index (χ0) is 21.2. The summed E-state index contributed by atoms with van der Waals surface area (Å²) in [6, 6.07) is 17.1. The van der Waals surface area contributed by atoms with Gasteiger partial charge in [-0.3, -0.25) is 4.90 Å². The molecule has 0 heterocycles. The van der Waals surface area contributed by atoms with Gasteiger partial charge < -0.3 is 0 Å². The molecule has 0 spiro atoms. The summed E-state index contributed by atoms with van der Waals surface area (Å²) < 4.78 is 29.8. The van der Waals surface area contributed by atoms with Gasteiger partial charge in [0.25, 0.3) is 0 Å². The van der Waals surface area contributed by atoms with Gasteiger partial charge in [0.05, 0.1) is 0 Å². The van der Waals surface area contributed by atoms with E-state index in [9.17, 15) is 8.78 Å². The molecule has 0 radical (unpaired) electrons. The highest BCUT2D eigenvalue weighted by Crippen LogP contribution is 2.58. The first-order valence-electron chi connectivity index (χ1n) is 11.8. The van der Waals surface area contributed by atoms with Crippen molar-refractivity contribution in [2.45, 2.75) is 89.1 Å². The van der Waals surface area contributed by atoms with Crippen molar-refractivity contribution in [1.29, 1.82) is 0 Å². The van der Waals surface area contributed by atoms with Crippen molar-refractivity contribution in [2.24, 2.45) is 0 Å². The van der Waals surface area contributed by atoms with E-state index in [1.54, 1.807) is 0 Å². The smallest absolute Gasteiger partial charge is 0.136 e. The number of rotatable bonds is 11. The Kier molecular flexibility index (Phi) is 6.29. The van der Waals surface area contributed by atoms with Crippen LogP contribution in [0, 0.1) is 0 Å². The van der Waals surface area contributed by atoms with Crippen molar-refractivity contribution in [2.75, 3.05) is 6.54 Å². The highest BCUT2D eigenvalue weighted by Gasteiger charge is 2.53. The van der Waals surface area contributed by atoms with E-state index < -0.39 is 11.3 Å². The molecule has 2 aromatic carbocycles. The minimum Gasteiger partial charge on any atom is -0.296 e. The van der Waals surface area contributed by atoms with Crippen molar-refractivity contribution in [1.82, 2.24) is 4.90 Å². The molecule has 4 rings (SSSR count). The Balaban J connectivity index is 1.46. The Bertz CT molecular complexity index is 839. The molecule has 2 aliphatic rings. The van der Waals surface area contributed by atoms with Crippen LogP contribution in [0.2, 0.25) is 0 Å². The predicted octanol–water partition coefficient (Wildman–Crippen LogP) is 7.23. The van der Waals surface area contributed by atoms with Gasteiger partial charge in [-0.2, -0.15) is 0 Å². The fourth-order valence-corrected chi connectivity index (χ4v) is 4.74. The maximum absolute atomic E-state index is 15.0. The maximum atomic E-state index is 15.0. The zero-order valence-corrected chi connectivity index (χ0v) is 18.5. The first-order chi connectivity index (χ1) is 14.5. The molecule has 0 aromatic heterocycles. The molecular formula is C27H35F2N. The van der Waals surface area contributed by atoms with E-state index in [0.717, 1.165) is 44.3 Å². The Morgan fingerprint density at radius 2 is 1.53 bits per heavy atom. The largest absolute Gasteiger partial charge is 0.296 e. The lowest BCUT2D eigenvalue weighted by Crippen LogP contribution is -2.35. The molecule has 2 fully saturated rings. The lowest BCUT2D eigenvalue weighted by atomic mass is 9.92. The molecule has 0 aliphatic heterocycles. The second-order valence-corrected chi connectivity index (χ2v) is 9.37. The van der Waals surface area contributed by atoms with E-state index in [1.807, 2.05) is 18.2 Å². The highest BCUT2D eigenvalue weighted by molar-refractivity contribution is 5.44. The van der Waals surface area contributed by atoms with Crippen LogP contribution in [0.1, 0.15) is 81.0 Å². The molecule has 1 nitrogen and oxygen atoms in total. The summed E-state index contributed by atoms with van der Waals surface area (Å²) in [6.45, 7) is 6.54. The lowest BCUT2D eigenvalue weighted by molar-refractivity contribution is 0.173. The number of alkyl halides is 2. The standard InChI is InChI=1S/C27H35F2N/c1-3-18-30(20-22-8-6-5-7-9-22)23(4-2)12-10-21-11-13-24(26(28)14-15-26)25(19-21)27(29)16-17-27/h5-9,11,13,19,23H,3-4,10,12,14-18,20H2,1-2H3. The summed E-state index contributed by atoms with van der Waals surface area (Å²) in [6.07, 6.45) is 6.34. The number of hydrogen-bond acceptors (Lipinski definition) is 1. The monoisotopic (exact) mass is 411 g/mol. The molecule has 1 unspecified atom stereocenters. The number of nitrogens with zero attached hydrogens (tertiary/aromatic N) is 1. The van der Waals surface area contributed by atoms with E-state index in [0.29, 0.717) is 42.9 Å². The van der Waals surface area contributed by atoms with Gasteiger partial charge in [-0.25, -0.2) is 8.78 Å². The third-order valence-corrected chi connectivity index (χ3v) is 6.92. The molecule has 2 saturated carbocycles. The van der Waals surface area contributed by atoms with Crippen LogP contribution in [-0.4, -0.2) is 17.5 Å². The predicted molar refractivity (Wildman–Crippen MR) is 120 cm³/mol. The summed E-state index contributed by atoms with van der Waals surface area (Å²) in [5.41, 5.74) is 1.21. The molecule has 0 amide bonds. The number of halogens is 2. The Hall–Kier alpha value is -1.74. The van der Waals surface area contributed by atoms with Gasteiger partial charge in [0.2, 0.25) is 0 Å². The number of hydrogen-bond donors (Lipinski definition) is 0. The molecule has 30 heavy (non-hydrogen) atoms. The fraction of sp³-hybridized carbons (Fsp3) is 0.556. The van der Waals surface area contributed by atoms with E-state index in [-0.39, 0.29) is 0 Å². The van der Waals surface area contributed by atoms with Crippen LogP contribution in [0.3, 0.4) is 0 Å². The second-order valence-electron chi connectivity index (χ2n) is 9.37. The van der Waals surface area contributed by atoms with Crippen LogP contribution in [0.25, 0.3) is 0 Å². The van der Waals surface area contributed by atoms with Crippen LogP contribution in [0.4, 0.5) is 8.78 Å². The average molecular weight is 412 g/mol. The van der Waals surface area contributed by atoms with Gasteiger partial charge in [-0.1, -0.05) is 62.4 Å². The normalized spacial score (nSPS) is 19.6. The average Bonchev–Trinajstić information content (AvgIpc) is 3.68. The number of benzene rings is 2. The molecular weight excluding hydrogens is 376 g/mol. The Labute approximate surface area is 180 Å². The van der Waals surface area contributed by atoms with Crippen molar-refractivity contribution < 1.29 is 8.78 Å². The van der Waals surface area contributed by atoms with Crippen molar-refractivity contribution >= 4 is 0 Å². The minimum atomic E-state index is -1.28. The van der Waals surface area contributed by atoms with Gasteiger partial charge in [0.15, 0.2) is 0 Å². The molecule has 0 saturated heterocycles. The summed E-state index contributed by atoms with van der Waals surface area (Å²) >= 11 is 0. The molecule has 1 atom stereocenters. The molecule has 2 aliphatic carbocycles. The van der Waals surface area contributed by atoms with Crippen LogP contribution in [0.5, 0.6) is 0 Å². The lowest BCUT2D eigenvalue weighted by Gasteiger charge is -2.31. The number of aryl methyl sites for hydroxylation is 1. The third kappa shape index (κ3) is 4.77. The second kappa shape index (κ2) is 8.78. The summed E-state index contributed by atoms with van der Waals surface area (Å²) in [5.74, 6) is 0. The van der Waals surface area contributed by atoms with E-state index >= 15 is 0 Å². The Morgan fingerprint density at radius 3 is 2.13 bits per heavy atom. The van der Waals surface area contributed by atoms with Gasteiger partial charge in [0, 0.05) is 12.6 Å². The Morgan fingerprint density at radius 1 is 0.867 bits per heavy atom. The molecule has 162 valence electrons.